The summed E-state index contributed by atoms with van der Waals surface area (Å²) in [6.07, 6.45) is 4.02. The molecule has 15 heteroatoms. The molecule has 6 N–H and O–H groups in total. The molecule has 4 atom stereocenters. The molecule has 11 nitrogen and oxygen atoms in total. The fourth-order valence-electron chi connectivity index (χ4n) is 2.03. The summed E-state index contributed by atoms with van der Waals surface area (Å²) in [5.74, 6) is 0.0824. The molecular formula is C24H44Cl4N4O7. The van der Waals surface area contributed by atoms with Crippen molar-refractivity contribution in [3.8, 4) is 0 Å². The molecule has 0 radical (unpaired) electrons. The fraction of sp³-hybridized carbons (Fsp3) is 0.708. The largest absolute Gasteiger partial charge is 0.359 e. The molecule has 0 aromatic rings. The van der Waals surface area contributed by atoms with Crippen LogP contribution in [0.3, 0.4) is 0 Å². The highest BCUT2D eigenvalue weighted by Gasteiger charge is 2.28. The first kappa shape index (κ1) is 44.4. The van der Waals surface area contributed by atoms with Crippen molar-refractivity contribution in [2.45, 2.75) is 98.7 Å². The van der Waals surface area contributed by atoms with E-state index in [1.54, 1.807) is 0 Å². The molecule has 0 aromatic carbocycles. The lowest BCUT2D eigenvalue weighted by Gasteiger charge is -2.34. The van der Waals surface area contributed by atoms with Crippen LogP contribution in [0.5, 0.6) is 0 Å². The predicted molar refractivity (Wildman–Crippen MR) is 157 cm³/mol. The van der Waals surface area contributed by atoms with Crippen LogP contribution in [0.25, 0.3) is 0 Å². The van der Waals surface area contributed by atoms with Crippen molar-refractivity contribution in [1.82, 2.24) is 10.6 Å². The van der Waals surface area contributed by atoms with Gasteiger partial charge < -0.3 is 26.9 Å². The molecule has 2 amide bonds. The third-order valence-electron chi connectivity index (χ3n) is 4.23. The van der Waals surface area contributed by atoms with Crippen LogP contribution < -0.4 is 22.1 Å². The molecule has 2 aliphatic carbocycles. The molecule has 0 bridgehead atoms. The van der Waals surface area contributed by atoms with E-state index in [1.165, 1.54) is 34.2 Å². The zero-order valence-electron chi connectivity index (χ0n) is 23.3. The predicted octanol–water partition coefficient (Wildman–Crippen LogP) is 3.15. The van der Waals surface area contributed by atoms with Gasteiger partial charge in [-0.15, -0.1) is 0 Å². The minimum atomic E-state index is -0.722. The Bertz CT molecular complexity index is 752. The van der Waals surface area contributed by atoms with Crippen LogP contribution in [0.15, 0.2) is 0 Å². The van der Waals surface area contributed by atoms with Gasteiger partial charge in [-0.2, -0.15) is 0 Å². The van der Waals surface area contributed by atoms with Crippen LogP contribution in [0, 0.1) is 5.92 Å². The highest BCUT2D eigenvalue weighted by molar-refractivity contribution is 6.72. The molecule has 230 valence electrons. The first-order valence-electron chi connectivity index (χ1n) is 12.0. The summed E-state index contributed by atoms with van der Waals surface area (Å²) in [4.78, 5) is 69.5. The number of hydrogen-bond acceptors (Lipinski definition) is 9. The van der Waals surface area contributed by atoms with Gasteiger partial charge in [-0.3, -0.25) is 28.8 Å². The second kappa shape index (κ2) is 29.4. The van der Waals surface area contributed by atoms with E-state index in [9.17, 15) is 33.6 Å². The van der Waals surface area contributed by atoms with E-state index in [0.29, 0.717) is 18.0 Å². The number of hydrogen-bond donors (Lipinski definition) is 4. The maximum absolute atomic E-state index is 11.2. The number of nitrogens with one attached hydrogen (secondary N) is 2. The maximum Gasteiger partial charge on any atom is 0.230 e. The van der Waals surface area contributed by atoms with Gasteiger partial charge in [-0.05, 0) is 91.8 Å². The second-order valence-electron chi connectivity index (χ2n) is 8.01. The fourth-order valence-corrected chi connectivity index (χ4v) is 2.35. The number of carbonyl (C=O) groups is 7. The molecule has 4 unspecified atom stereocenters. The first-order chi connectivity index (χ1) is 17.8. The number of rotatable bonds is 5. The standard InChI is InChI=1S/C9H16N2O2.C4H10N2.C3H2Cl2O2.C3H6O.2C2H3ClO.CH4/c1-6-3-4-7(6)11-9(13)5-8(12)10-2;5-3-1-2-4(3)6;4-2(6)1-3(5)7;1-3(2)4;2*1-2(3)4;/h6-7H,3-5H2,1-2H3,(H,10,12)(H,11,13);3-4H,1-2,5-6H2;1H2;1-2H3;2*1H3;1H4/i;;;1D;;;. The van der Waals surface area contributed by atoms with Crippen molar-refractivity contribution in [2.75, 3.05) is 7.05 Å². The molecular weight excluding hydrogens is 598 g/mol. The maximum atomic E-state index is 11.2. The molecule has 0 aromatic heterocycles. The molecule has 0 spiro atoms. The highest BCUT2D eigenvalue weighted by Crippen LogP contribution is 2.26. The van der Waals surface area contributed by atoms with Crippen LogP contribution in [0.4, 0.5) is 0 Å². The number of carbonyl (C=O) groups excluding carboxylic acids is 7. The summed E-state index contributed by atoms with van der Waals surface area (Å²) in [5.41, 5.74) is 10.8. The van der Waals surface area contributed by atoms with Crippen LogP contribution in [-0.2, 0) is 33.6 Å². The van der Waals surface area contributed by atoms with Crippen molar-refractivity contribution >= 4 is 85.0 Å². The summed E-state index contributed by atoms with van der Waals surface area (Å²) in [6, 6.07) is 0.909. The van der Waals surface area contributed by atoms with Crippen LogP contribution in [0.1, 0.15) is 81.9 Å². The Labute approximate surface area is 253 Å². The summed E-state index contributed by atoms with van der Waals surface area (Å²) >= 11 is 18.7. The Balaban J connectivity index is -0.000000131. The van der Waals surface area contributed by atoms with Gasteiger partial charge in [0.1, 0.15) is 12.2 Å². The molecule has 2 fully saturated rings. The van der Waals surface area contributed by atoms with Crippen LogP contribution in [-0.4, -0.2) is 63.7 Å². The topological polar surface area (TPSA) is 196 Å². The number of nitrogens with two attached hydrogens (primary N) is 2. The summed E-state index contributed by atoms with van der Waals surface area (Å²) in [6.45, 7) is 6.00. The van der Waals surface area contributed by atoms with Gasteiger partial charge in [0.15, 0.2) is 0 Å². The average molecular weight is 643 g/mol. The normalized spacial score (nSPS) is 19.4. The Morgan fingerprint density at radius 1 is 0.769 bits per heavy atom. The van der Waals surface area contributed by atoms with Crippen molar-refractivity contribution < 1.29 is 34.9 Å². The van der Waals surface area contributed by atoms with E-state index in [-0.39, 0.29) is 61.3 Å². The first-order valence-corrected chi connectivity index (χ1v) is 12.8. The Morgan fingerprint density at radius 3 is 1.26 bits per heavy atom. The van der Waals surface area contributed by atoms with E-state index < -0.39 is 10.5 Å². The van der Waals surface area contributed by atoms with E-state index in [2.05, 4.69) is 40.8 Å². The van der Waals surface area contributed by atoms with Gasteiger partial charge in [0, 0.05) is 40.4 Å². The van der Waals surface area contributed by atoms with Gasteiger partial charge in [0.2, 0.25) is 32.8 Å². The molecule has 0 saturated heterocycles. The zero-order valence-corrected chi connectivity index (χ0v) is 25.3. The van der Waals surface area contributed by atoms with Gasteiger partial charge in [0.05, 0.1) is 6.42 Å². The van der Waals surface area contributed by atoms with Crippen molar-refractivity contribution in [2.24, 2.45) is 17.4 Å². The van der Waals surface area contributed by atoms with E-state index in [0.717, 1.165) is 19.3 Å². The van der Waals surface area contributed by atoms with Crippen molar-refractivity contribution in [3.05, 3.63) is 0 Å². The third kappa shape index (κ3) is 46.6. The molecule has 0 aliphatic heterocycles. The van der Waals surface area contributed by atoms with Gasteiger partial charge in [-0.25, -0.2) is 0 Å². The zero-order chi connectivity index (χ0) is 31.7. The minimum Gasteiger partial charge on any atom is -0.359 e. The lowest BCUT2D eigenvalue weighted by molar-refractivity contribution is -0.130. The lowest BCUT2D eigenvalue weighted by Crippen LogP contribution is -2.49. The van der Waals surface area contributed by atoms with Gasteiger partial charge in [0.25, 0.3) is 0 Å². The smallest absolute Gasteiger partial charge is 0.230 e. The monoisotopic (exact) mass is 641 g/mol. The van der Waals surface area contributed by atoms with Crippen LogP contribution in [0.2, 0.25) is 0 Å². The van der Waals surface area contributed by atoms with E-state index >= 15 is 0 Å². The second-order valence-corrected chi connectivity index (χ2v) is 9.92. The van der Waals surface area contributed by atoms with Gasteiger partial charge >= 0.3 is 0 Å². The quantitative estimate of drug-likeness (QED) is 0.257. The van der Waals surface area contributed by atoms with Crippen molar-refractivity contribution in [1.29, 1.82) is 0 Å². The van der Waals surface area contributed by atoms with Crippen LogP contribution >= 0.6 is 46.4 Å². The molecule has 39 heavy (non-hydrogen) atoms. The molecule has 2 saturated carbocycles. The summed E-state index contributed by atoms with van der Waals surface area (Å²) in [5, 5.41) is 3.08. The molecule has 0 heterocycles. The minimum absolute atomic E-state index is 0. The Kier molecular flexibility index (Phi) is 33.4. The SMILES string of the molecule is C.CC(=O)Cl.CC(=O)Cl.CNC(=O)CC(=O)NC1CCC1C.NC1CCC1N.O=C(Cl)CC(=O)Cl.[2H]CC(C)=O. The van der Waals surface area contributed by atoms with E-state index in [4.69, 9.17) is 36.0 Å². The van der Waals surface area contributed by atoms with Gasteiger partial charge in [-0.1, -0.05) is 14.4 Å². The summed E-state index contributed by atoms with van der Waals surface area (Å²) < 4.78 is 6.31. The average Bonchev–Trinajstić information content (AvgIpc) is 2.79. The summed E-state index contributed by atoms with van der Waals surface area (Å²) in [7, 11) is 1.53. The molecule has 2 rings (SSSR count). The van der Waals surface area contributed by atoms with E-state index in [1.807, 2.05) is 0 Å². The third-order valence-corrected chi connectivity index (χ3v) is 4.49. The lowest BCUT2D eigenvalue weighted by atomic mass is 9.81. The molecule has 2 aliphatic rings. The highest BCUT2D eigenvalue weighted by atomic mass is 35.5. The Morgan fingerprint density at radius 2 is 1.13 bits per heavy atom. The number of Topliss-reactive ketones (excluding diaryl/α,β-unsaturated/α-hetero) is 1. The number of amides is 2. The number of halogens is 4. The Hall–Kier alpha value is -1.63. The number of ketones is 1. The van der Waals surface area contributed by atoms with Crippen molar-refractivity contribution in [3.63, 3.8) is 0 Å².